The molecule has 130 valence electrons. The molecule has 3 heteroatoms. The molecular weight excluding hydrogens is 308 g/mol. The molecule has 0 saturated carbocycles. The molecule has 1 atom stereocenters. The van der Waals surface area contributed by atoms with E-state index in [1.54, 1.807) is 0 Å². The van der Waals surface area contributed by atoms with Gasteiger partial charge in [0, 0.05) is 24.2 Å². The van der Waals surface area contributed by atoms with Crippen molar-refractivity contribution in [2.24, 2.45) is 0 Å². The Hall–Kier alpha value is -2.13. The van der Waals surface area contributed by atoms with Crippen molar-refractivity contribution >= 4 is 11.6 Å². The maximum atomic E-state index is 12.9. The molecule has 1 amide bonds. The molecule has 2 heterocycles. The average molecular weight is 334 g/mol. The van der Waals surface area contributed by atoms with Crippen LogP contribution >= 0.6 is 0 Å². The van der Waals surface area contributed by atoms with Crippen molar-refractivity contribution < 1.29 is 4.79 Å². The summed E-state index contributed by atoms with van der Waals surface area (Å²) in [5, 5.41) is 0. The van der Waals surface area contributed by atoms with Crippen molar-refractivity contribution in [3.63, 3.8) is 0 Å². The molecule has 2 aromatic rings. The number of piperidine rings is 1. The highest BCUT2D eigenvalue weighted by Crippen LogP contribution is 2.34. The first-order valence-electron chi connectivity index (χ1n) is 9.32. The van der Waals surface area contributed by atoms with Crippen molar-refractivity contribution in [2.75, 3.05) is 31.1 Å². The lowest BCUT2D eigenvalue weighted by molar-refractivity contribution is -0.120. The predicted octanol–water partition coefficient (Wildman–Crippen LogP) is 3.63. The van der Waals surface area contributed by atoms with Gasteiger partial charge in [-0.3, -0.25) is 9.69 Å². The van der Waals surface area contributed by atoms with Gasteiger partial charge in [-0.05, 0) is 43.0 Å². The highest BCUT2D eigenvalue weighted by molar-refractivity contribution is 5.96. The normalized spacial score (nSPS) is 23.5. The number of likely N-dealkylation sites (tertiary alicyclic amines) is 1. The molecule has 0 radical (unpaired) electrons. The minimum atomic E-state index is 0.142. The van der Waals surface area contributed by atoms with Crippen molar-refractivity contribution in [1.29, 1.82) is 0 Å². The highest BCUT2D eigenvalue weighted by atomic mass is 16.2. The number of hydrogen-bond acceptors (Lipinski definition) is 2. The van der Waals surface area contributed by atoms with Crippen LogP contribution < -0.4 is 4.90 Å². The number of anilines is 1. The lowest BCUT2D eigenvalue weighted by Crippen LogP contribution is -2.48. The van der Waals surface area contributed by atoms with Gasteiger partial charge in [0.2, 0.25) is 5.91 Å². The van der Waals surface area contributed by atoms with Gasteiger partial charge in [-0.1, -0.05) is 55.5 Å². The Morgan fingerprint density at radius 1 is 1.04 bits per heavy atom. The van der Waals surface area contributed by atoms with E-state index in [0.29, 0.717) is 6.54 Å². The first kappa shape index (κ1) is 16.3. The zero-order valence-electron chi connectivity index (χ0n) is 14.9. The summed E-state index contributed by atoms with van der Waals surface area (Å²) in [4.78, 5) is 17.2. The fourth-order valence-electron chi connectivity index (χ4n) is 4.43. The molecule has 1 unspecified atom stereocenters. The molecule has 25 heavy (non-hydrogen) atoms. The summed E-state index contributed by atoms with van der Waals surface area (Å²) in [5.74, 6) is 0.238. The summed E-state index contributed by atoms with van der Waals surface area (Å²) in [5.41, 5.74) is 3.93. The smallest absolute Gasteiger partial charge is 0.241 e. The van der Waals surface area contributed by atoms with Crippen LogP contribution in [0, 0.1) is 0 Å². The summed E-state index contributed by atoms with van der Waals surface area (Å²) in [6.07, 6.45) is 3.31. The van der Waals surface area contributed by atoms with Crippen LogP contribution in [0.5, 0.6) is 0 Å². The fraction of sp³-hybridized carbons (Fsp3) is 0.409. The third-order valence-electron chi connectivity index (χ3n) is 5.79. The van der Waals surface area contributed by atoms with Crippen molar-refractivity contribution in [3.05, 3.63) is 65.7 Å². The summed E-state index contributed by atoms with van der Waals surface area (Å²) in [6.45, 7) is 5.66. The Bertz CT molecular complexity index is 758. The number of rotatable bonds is 3. The molecule has 1 fully saturated rings. The van der Waals surface area contributed by atoms with Gasteiger partial charge in [0.25, 0.3) is 0 Å². The van der Waals surface area contributed by atoms with Crippen LogP contribution in [0.15, 0.2) is 54.6 Å². The van der Waals surface area contributed by atoms with E-state index in [2.05, 4.69) is 60.4 Å². The number of carbonyl (C=O) groups is 1. The number of hydrogen-bond donors (Lipinski definition) is 0. The maximum absolute atomic E-state index is 12.9. The van der Waals surface area contributed by atoms with E-state index < -0.39 is 0 Å². The molecule has 2 aliphatic heterocycles. The topological polar surface area (TPSA) is 23.6 Å². The van der Waals surface area contributed by atoms with E-state index in [1.807, 2.05) is 11.0 Å². The minimum Gasteiger partial charge on any atom is -0.311 e. The molecule has 4 rings (SSSR count). The third-order valence-corrected chi connectivity index (χ3v) is 5.79. The zero-order chi connectivity index (χ0) is 17.3. The first-order valence-corrected chi connectivity index (χ1v) is 9.32. The first-order chi connectivity index (χ1) is 12.2. The number of fused-ring (bicyclic) bond motifs is 1. The number of benzene rings is 2. The highest BCUT2D eigenvalue weighted by Gasteiger charge is 2.34. The number of para-hydroxylation sites is 1. The Labute approximate surface area is 150 Å². The van der Waals surface area contributed by atoms with Gasteiger partial charge in [-0.2, -0.15) is 0 Å². The Morgan fingerprint density at radius 2 is 1.80 bits per heavy atom. The quantitative estimate of drug-likeness (QED) is 0.856. The van der Waals surface area contributed by atoms with E-state index in [1.165, 1.54) is 17.5 Å². The summed E-state index contributed by atoms with van der Waals surface area (Å²) >= 11 is 0. The second-order valence-electron chi connectivity index (χ2n) is 7.66. The molecule has 3 nitrogen and oxygen atoms in total. The van der Waals surface area contributed by atoms with Gasteiger partial charge < -0.3 is 4.90 Å². The molecule has 1 saturated heterocycles. The van der Waals surface area contributed by atoms with Crippen LogP contribution in [-0.4, -0.2) is 37.0 Å². The molecule has 0 spiro atoms. The van der Waals surface area contributed by atoms with Crippen LogP contribution in [0.4, 0.5) is 5.69 Å². The van der Waals surface area contributed by atoms with E-state index in [4.69, 9.17) is 0 Å². The number of carbonyl (C=O) groups excluding carboxylic acids is 1. The van der Waals surface area contributed by atoms with E-state index in [9.17, 15) is 4.79 Å². The predicted molar refractivity (Wildman–Crippen MR) is 102 cm³/mol. The Kier molecular flexibility index (Phi) is 4.34. The van der Waals surface area contributed by atoms with Crippen molar-refractivity contribution in [3.8, 4) is 0 Å². The largest absolute Gasteiger partial charge is 0.311 e. The van der Waals surface area contributed by atoms with Crippen molar-refractivity contribution in [2.45, 2.75) is 31.6 Å². The number of amides is 1. The van der Waals surface area contributed by atoms with Crippen LogP contribution in [0.1, 0.15) is 30.9 Å². The van der Waals surface area contributed by atoms with Gasteiger partial charge in [-0.15, -0.1) is 0 Å². The van der Waals surface area contributed by atoms with Crippen LogP contribution in [0.25, 0.3) is 0 Å². The van der Waals surface area contributed by atoms with E-state index in [0.717, 1.165) is 38.2 Å². The van der Waals surface area contributed by atoms with Crippen LogP contribution in [0.2, 0.25) is 0 Å². The van der Waals surface area contributed by atoms with E-state index >= 15 is 0 Å². The Balaban J connectivity index is 1.45. The maximum Gasteiger partial charge on any atom is 0.241 e. The van der Waals surface area contributed by atoms with Crippen LogP contribution in [0.3, 0.4) is 0 Å². The summed E-state index contributed by atoms with van der Waals surface area (Å²) in [6, 6.07) is 19.0. The molecule has 2 aromatic carbocycles. The molecule has 0 bridgehead atoms. The SMILES string of the molecule is CC1(c2ccccc2)CCCN(CC(=O)N2CCc3ccccc32)C1. The molecular formula is C22H26N2O. The second-order valence-corrected chi connectivity index (χ2v) is 7.66. The zero-order valence-corrected chi connectivity index (χ0v) is 14.9. The van der Waals surface area contributed by atoms with Gasteiger partial charge in [-0.25, -0.2) is 0 Å². The lowest BCUT2D eigenvalue weighted by atomic mass is 9.76. The summed E-state index contributed by atoms with van der Waals surface area (Å²) in [7, 11) is 0. The third kappa shape index (κ3) is 3.21. The fourth-order valence-corrected chi connectivity index (χ4v) is 4.43. The van der Waals surface area contributed by atoms with Gasteiger partial charge >= 0.3 is 0 Å². The van der Waals surface area contributed by atoms with Crippen molar-refractivity contribution in [1.82, 2.24) is 4.90 Å². The van der Waals surface area contributed by atoms with E-state index in [-0.39, 0.29) is 11.3 Å². The summed E-state index contributed by atoms with van der Waals surface area (Å²) < 4.78 is 0. The Morgan fingerprint density at radius 3 is 2.64 bits per heavy atom. The molecule has 2 aliphatic rings. The molecule has 0 aromatic heterocycles. The second kappa shape index (κ2) is 6.64. The lowest BCUT2D eigenvalue weighted by Gasteiger charge is -2.41. The molecule has 0 N–H and O–H groups in total. The minimum absolute atomic E-state index is 0.142. The molecule has 0 aliphatic carbocycles. The van der Waals surface area contributed by atoms with Gasteiger partial charge in [0.1, 0.15) is 0 Å². The number of nitrogens with zero attached hydrogens (tertiary/aromatic N) is 2. The monoisotopic (exact) mass is 334 g/mol. The van der Waals surface area contributed by atoms with Gasteiger partial charge in [0.05, 0.1) is 6.54 Å². The van der Waals surface area contributed by atoms with Crippen LogP contribution in [-0.2, 0) is 16.6 Å². The standard InChI is InChI=1S/C22H26N2O/c1-22(19-9-3-2-4-10-19)13-7-14-23(17-22)16-21(25)24-15-12-18-8-5-6-11-20(18)24/h2-6,8-11H,7,12-17H2,1H3. The van der Waals surface area contributed by atoms with Gasteiger partial charge in [0.15, 0.2) is 0 Å². The average Bonchev–Trinajstić information content (AvgIpc) is 3.07.